The van der Waals surface area contributed by atoms with Crippen molar-refractivity contribution in [2.24, 2.45) is 23.7 Å². The van der Waals surface area contributed by atoms with E-state index in [2.05, 4.69) is 41.2 Å². The SMILES string of the molecule is C=CC(C)C.CC(C)C(F)F.CC(C)CC(F)F.CCC(C)C. The zero-order chi connectivity index (χ0) is 19.6. The molecular formula is C19H40F4. The molecule has 0 nitrogen and oxygen atoms in total. The van der Waals surface area contributed by atoms with Gasteiger partial charge in [-0.15, -0.1) is 6.58 Å². The van der Waals surface area contributed by atoms with Crippen molar-refractivity contribution in [2.75, 3.05) is 0 Å². The summed E-state index contributed by atoms with van der Waals surface area (Å²) < 4.78 is 44.9. The Kier molecular flexibility index (Phi) is 28.3. The van der Waals surface area contributed by atoms with Crippen LogP contribution in [0.15, 0.2) is 12.7 Å². The maximum Gasteiger partial charge on any atom is 0.240 e. The molecule has 0 amide bonds. The predicted octanol–water partition coefficient (Wildman–Crippen LogP) is 8.09. The fraction of sp³-hybridized carbons (Fsp3) is 0.895. The van der Waals surface area contributed by atoms with Gasteiger partial charge in [-0.3, -0.25) is 0 Å². The molecule has 0 atom stereocenters. The maximum absolute atomic E-state index is 11.3. The summed E-state index contributed by atoms with van der Waals surface area (Å²) >= 11 is 0. The number of hydrogen-bond acceptors (Lipinski definition) is 0. The molecule has 0 spiro atoms. The molecule has 0 rings (SSSR count). The second-order valence-electron chi connectivity index (χ2n) is 6.88. The Hall–Kier alpha value is -0.540. The van der Waals surface area contributed by atoms with Crippen LogP contribution in [0.4, 0.5) is 17.6 Å². The summed E-state index contributed by atoms with van der Waals surface area (Å²) in [5.74, 6) is 1.18. The Morgan fingerprint density at radius 2 is 1.04 bits per heavy atom. The maximum atomic E-state index is 11.3. The summed E-state index contributed by atoms with van der Waals surface area (Å²) in [6.45, 7) is 21.0. The van der Waals surface area contributed by atoms with Crippen molar-refractivity contribution in [1.29, 1.82) is 0 Å². The standard InChI is InChI=1S/C5H10F2.C5H12.C5H10.C4H8F2/c1-4(2)3-5(6)7;2*1-4-5(2)3;1-3(2)4(5)6/h4-5H,3H2,1-2H3;5H,4H2,1-3H3;4-5H,1H2,2-3H3;3-4H,1-2H3. The first kappa shape index (κ1) is 30.4. The Labute approximate surface area is 142 Å². The Balaban J connectivity index is -0.000000106. The van der Waals surface area contributed by atoms with E-state index in [0.717, 1.165) is 5.92 Å². The van der Waals surface area contributed by atoms with Gasteiger partial charge >= 0.3 is 0 Å². The molecule has 0 aromatic carbocycles. The van der Waals surface area contributed by atoms with Crippen LogP contribution >= 0.6 is 0 Å². The molecule has 0 radical (unpaired) electrons. The molecule has 0 saturated heterocycles. The van der Waals surface area contributed by atoms with Crippen LogP contribution in [0, 0.1) is 23.7 Å². The first-order chi connectivity index (χ1) is 10.3. The highest BCUT2D eigenvalue weighted by Crippen LogP contribution is 2.07. The average Bonchev–Trinajstić information content (AvgIpc) is 2.38. The number of alkyl halides is 4. The minimum atomic E-state index is -2.15. The molecule has 23 heavy (non-hydrogen) atoms. The lowest BCUT2D eigenvalue weighted by molar-refractivity contribution is 0.0955. The van der Waals surface area contributed by atoms with Crippen LogP contribution in [-0.2, 0) is 0 Å². The van der Waals surface area contributed by atoms with E-state index in [1.54, 1.807) is 13.8 Å². The van der Waals surface area contributed by atoms with E-state index >= 15 is 0 Å². The van der Waals surface area contributed by atoms with E-state index in [0.29, 0.717) is 5.92 Å². The third-order valence-corrected chi connectivity index (χ3v) is 2.44. The van der Waals surface area contributed by atoms with Crippen LogP contribution in [-0.4, -0.2) is 12.9 Å². The number of halogens is 4. The number of hydrogen-bond donors (Lipinski definition) is 0. The van der Waals surface area contributed by atoms with Crippen LogP contribution in [0.3, 0.4) is 0 Å². The highest BCUT2D eigenvalue weighted by Gasteiger charge is 2.05. The van der Waals surface area contributed by atoms with E-state index in [1.807, 2.05) is 6.08 Å². The minimum Gasteiger partial charge on any atom is -0.211 e. The molecular weight excluding hydrogens is 304 g/mol. The Bertz CT molecular complexity index is 197. The zero-order valence-electron chi connectivity index (χ0n) is 16.7. The van der Waals surface area contributed by atoms with Gasteiger partial charge < -0.3 is 0 Å². The molecule has 0 fully saturated rings. The second kappa shape index (κ2) is 21.5. The lowest BCUT2D eigenvalue weighted by atomic mass is 10.1. The molecule has 0 heterocycles. The molecule has 0 saturated carbocycles. The van der Waals surface area contributed by atoms with Crippen molar-refractivity contribution in [1.82, 2.24) is 0 Å². The minimum absolute atomic E-state index is 0.0278. The van der Waals surface area contributed by atoms with E-state index in [9.17, 15) is 17.6 Å². The second-order valence-corrected chi connectivity index (χ2v) is 6.88. The third-order valence-electron chi connectivity index (χ3n) is 2.44. The smallest absolute Gasteiger partial charge is 0.211 e. The number of allylic oxidation sites excluding steroid dienone is 1. The fourth-order valence-electron chi connectivity index (χ4n) is 0.356. The predicted molar refractivity (Wildman–Crippen MR) is 96.5 cm³/mol. The van der Waals surface area contributed by atoms with Crippen molar-refractivity contribution < 1.29 is 17.6 Å². The summed E-state index contributed by atoms with van der Waals surface area (Å²) in [5, 5.41) is 0. The van der Waals surface area contributed by atoms with Crippen molar-refractivity contribution in [3.05, 3.63) is 12.7 Å². The zero-order valence-corrected chi connectivity index (χ0v) is 16.7. The van der Waals surface area contributed by atoms with Gasteiger partial charge in [0, 0.05) is 12.3 Å². The normalized spacial score (nSPS) is 10.2. The van der Waals surface area contributed by atoms with Gasteiger partial charge in [0.2, 0.25) is 12.9 Å². The van der Waals surface area contributed by atoms with Crippen molar-refractivity contribution in [2.45, 2.75) is 88.0 Å². The molecule has 4 heteroatoms. The molecule has 0 aliphatic heterocycles. The average molecular weight is 345 g/mol. The monoisotopic (exact) mass is 344 g/mol. The highest BCUT2D eigenvalue weighted by molar-refractivity contribution is 4.69. The largest absolute Gasteiger partial charge is 0.240 e. The molecule has 144 valence electrons. The van der Waals surface area contributed by atoms with Gasteiger partial charge in [0.25, 0.3) is 0 Å². The van der Waals surface area contributed by atoms with Crippen molar-refractivity contribution in [3.8, 4) is 0 Å². The summed E-state index contributed by atoms with van der Waals surface area (Å²) in [6, 6.07) is 0. The Morgan fingerprint density at radius 3 is 1.04 bits per heavy atom. The first-order valence-electron chi connectivity index (χ1n) is 8.50. The molecule has 0 aliphatic carbocycles. The van der Waals surface area contributed by atoms with E-state index < -0.39 is 18.8 Å². The van der Waals surface area contributed by atoms with Crippen LogP contribution in [0.25, 0.3) is 0 Å². The highest BCUT2D eigenvalue weighted by atomic mass is 19.3. The fourth-order valence-corrected chi connectivity index (χ4v) is 0.356. The quantitative estimate of drug-likeness (QED) is 0.349. The topological polar surface area (TPSA) is 0 Å². The van der Waals surface area contributed by atoms with Crippen molar-refractivity contribution >= 4 is 0 Å². The lowest BCUT2D eigenvalue weighted by Crippen LogP contribution is -1.99. The van der Waals surface area contributed by atoms with Crippen molar-refractivity contribution in [3.63, 3.8) is 0 Å². The first-order valence-corrected chi connectivity index (χ1v) is 8.50. The Morgan fingerprint density at radius 1 is 0.783 bits per heavy atom. The third kappa shape index (κ3) is 61.9. The van der Waals surface area contributed by atoms with Gasteiger partial charge in [0.1, 0.15) is 0 Å². The molecule has 0 bridgehead atoms. The van der Waals surface area contributed by atoms with Gasteiger partial charge in [-0.2, -0.15) is 0 Å². The molecule has 0 unspecified atom stereocenters. The summed E-state index contributed by atoms with van der Waals surface area (Å²) in [6.07, 6.45) is -1.02. The van der Waals surface area contributed by atoms with Crippen LogP contribution in [0.5, 0.6) is 0 Å². The van der Waals surface area contributed by atoms with Gasteiger partial charge in [-0.25, -0.2) is 17.6 Å². The van der Waals surface area contributed by atoms with Crippen LogP contribution < -0.4 is 0 Å². The molecule has 0 aromatic rings. The van der Waals surface area contributed by atoms with E-state index in [-0.39, 0.29) is 12.3 Å². The molecule has 0 aromatic heterocycles. The lowest BCUT2D eigenvalue weighted by Gasteiger charge is -1.99. The van der Waals surface area contributed by atoms with Gasteiger partial charge in [0.05, 0.1) is 0 Å². The van der Waals surface area contributed by atoms with Gasteiger partial charge in [-0.05, 0) is 17.8 Å². The summed E-state index contributed by atoms with van der Waals surface area (Å²) in [4.78, 5) is 0. The van der Waals surface area contributed by atoms with E-state index in [1.165, 1.54) is 20.3 Å². The number of rotatable bonds is 5. The molecule has 0 aliphatic rings. The van der Waals surface area contributed by atoms with Crippen LogP contribution in [0.1, 0.15) is 75.2 Å². The van der Waals surface area contributed by atoms with Gasteiger partial charge in [0.15, 0.2) is 0 Å². The molecule has 0 N–H and O–H groups in total. The van der Waals surface area contributed by atoms with Crippen LogP contribution in [0.2, 0.25) is 0 Å². The van der Waals surface area contributed by atoms with E-state index in [4.69, 9.17) is 0 Å². The van der Waals surface area contributed by atoms with Gasteiger partial charge in [-0.1, -0.05) is 74.8 Å². The summed E-state index contributed by atoms with van der Waals surface area (Å²) in [5.41, 5.74) is 0. The summed E-state index contributed by atoms with van der Waals surface area (Å²) in [7, 11) is 0.